The van der Waals surface area contributed by atoms with Crippen molar-refractivity contribution in [1.29, 1.82) is 0 Å². The largest absolute Gasteiger partial charge is 0.481 e. The predicted molar refractivity (Wildman–Crippen MR) is 47.1 cm³/mol. The maximum Gasteiger partial charge on any atom is 0.323 e. The van der Waals surface area contributed by atoms with Crippen LogP contribution in [0.1, 0.15) is 6.42 Å². The van der Waals surface area contributed by atoms with Crippen LogP contribution in [-0.4, -0.2) is 22.0 Å². The van der Waals surface area contributed by atoms with Gasteiger partial charge in [0.05, 0.1) is 5.02 Å². The first-order chi connectivity index (χ1) is 6.99. The lowest BCUT2D eigenvalue weighted by atomic mass is 10.4. The van der Waals surface area contributed by atoms with Crippen molar-refractivity contribution in [1.82, 2.24) is 4.98 Å². The zero-order chi connectivity index (χ0) is 11.4. The van der Waals surface area contributed by atoms with Gasteiger partial charge in [-0.05, 0) is 6.07 Å². The van der Waals surface area contributed by atoms with Gasteiger partial charge in [0.25, 0.3) is 5.88 Å². The van der Waals surface area contributed by atoms with E-state index in [1.807, 2.05) is 0 Å². The van der Waals surface area contributed by atoms with E-state index in [2.05, 4.69) is 9.72 Å². The molecule has 7 heteroatoms. The van der Waals surface area contributed by atoms with Crippen LogP contribution in [0.5, 0.6) is 5.88 Å². The van der Waals surface area contributed by atoms with E-state index in [1.54, 1.807) is 0 Å². The number of carboxylic acid groups (broad SMARTS) is 1. The van der Waals surface area contributed by atoms with E-state index in [0.29, 0.717) is 0 Å². The number of carbonyl (C=O) groups excluding carboxylic acids is 1. The third kappa shape index (κ3) is 3.51. The SMILES string of the molecule is O=C(O)CC(=O)Oc1ncc(Cl)cc1F. The number of nitrogens with zero attached hydrogens (tertiary/aromatic N) is 1. The molecule has 0 saturated carbocycles. The number of aromatic nitrogens is 1. The van der Waals surface area contributed by atoms with E-state index in [4.69, 9.17) is 16.7 Å². The van der Waals surface area contributed by atoms with Crippen molar-refractivity contribution >= 4 is 23.5 Å². The summed E-state index contributed by atoms with van der Waals surface area (Å²) in [5.74, 6) is -3.99. The molecule has 0 amide bonds. The number of pyridine rings is 1. The zero-order valence-electron chi connectivity index (χ0n) is 7.24. The quantitative estimate of drug-likeness (QED) is 0.628. The number of carboxylic acids is 1. The zero-order valence-corrected chi connectivity index (χ0v) is 7.99. The van der Waals surface area contributed by atoms with Crippen molar-refractivity contribution in [2.45, 2.75) is 6.42 Å². The van der Waals surface area contributed by atoms with Crippen molar-refractivity contribution in [3.63, 3.8) is 0 Å². The highest BCUT2D eigenvalue weighted by molar-refractivity contribution is 6.30. The normalized spacial score (nSPS) is 9.73. The minimum atomic E-state index is -1.37. The number of halogens is 2. The third-order valence-electron chi connectivity index (χ3n) is 1.28. The van der Waals surface area contributed by atoms with Crippen LogP contribution in [0.3, 0.4) is 0 Å². The molecule has 0 radical (unpaired) electrons. The standard InChI is InChI=1S/C8H5ClFNO4/c9-4-1-5(10)8(11-3-4)15-7(14)2-6(12)13/h1,3H,2H2,(H,12,13). The van der Waals surface area contributed by atoms with E-state index in [9.17, 15) is 14.0 Å². The summed E-state index contributed by atoms with van der Waals surface area (Å²) in [6.45, 7) is 0. The van der Waals surface area contributed by atoms with Crippen molar-refractivity contribution < 1.29 is 23.8 Å². The van der Waals surface area contributed by atoms with Crippen molar-refractivity contribution in [2.75, 3.05) is 0 Å². The maximum atomic E-state index is 13.0. The molecule has 0 aromatic carbocycles. The van der Waals surface area contributed by atoms with Crippen LogP contribution in [-0.2, 0) is 9.59 Å². The van der Waals surface area contributed by atoms with Crippen molar-refractivity contribution in [3.05, 3.63) is 23.1 Å². The number of rotatable bonds is 3. The van der Waals surface area contributed by atoms with E-state index < -0.39 is 30.1 Å². The first-order valence-electron chi connectivity index (χ1n) is 3.72. The fourth-order valence-corrected chi connectivity index (χ4v) is 0.889. The van der Waals surface area contributed by atoms with Gasteiger partial charge in [-0.1, -0.05) is 11.6 Å². The molecule has 1 N–H and O–H groups in total. The fourth-order valence-electron chi connectivity index (χ4n) is 0.745. The van der Waals surface area contributed by atoms with Gasteiger partial charge in [0.1, 0.15) is 6.42 Å². The Hall–Kier alpha value is -1.69. The molecular formula is C8H5ClFNO4. The van der Waals surface area contributed by atoms with Gasteiger partial charge in [0, 0.05) is 6.20 Å². The van der Waals surface area contributed by atoms with Crippen LogP contribution < -0.4 is 4.74 Å². The molecular weight excluding hydrogens is 229 g/mol. The molecule has 0 aliphatic heterocycles. The summed E-state index contributed by atoms with van der Waals surface area (Å²) < 4.78 is 17.3. The van der Waals surface area contributed by atoms with Gasteiger partial charge in [-0.25, -0.2) is 9.37 Å². The Labute approximate surface area is 88.4 Å². The Kier molecular flexibility index (Phi) is 3.56. The highest BCUT2D eigenvalue weighted by atomic mass is 35.5. The minimum Gasteiger partial charge on any atom is -0.481 e. The first kappa shape index (κ1) is 11.4. The average Bonchev–Trinajstić information content (AvgIpc) is 2.08. The highest BCUT2D eigenvalue weighted by Gasteiger charge is 2.14. The molecule has 1 heterocycles. The van der Waals surface area contributed by atoms with Gasteiger partial charge in [-0.15, -0.1) is 0 Å². The molecule has 0 atom stereocenters. The molecule has 5 nitrogen and oxygen atoms in total. The van der Waals surface area contributed by atoms with Crippen molar-refractivity contribution in [3.8, 4) is 5.88 Å². The van der Waals surface area contributed by atoms with Crippen LogP contribution >= 0.6 is 11.6 Å². The lowest BCUT2D eigenvalue weighted by Gasteiger charge is -2.02. The van der Waals surface area contributed by atoms with Gasteiger partial charge >= 0.3 is 11.9 Å². The van der Waals surface area contributed by atoms with Crippen LogP contribution in [0.15, 0.2) is 12.3 Å². The molecule has 0 fully saturated rings. The van der Waals surface area contributed by atoms with Gasteiger partial charge < -0.3 is 9.84 Å². The number of hydrogen-bond donors (Lipinski definition) is 1. The van der Waals surface area contributed by atoms with E-state index in [-0.39, 0.29) is 5.02 Å². The summed E-state index contributed by atoms with van der Waals surface area (Å²) in [5.41, 5.74) is 0. The lowest BCUT2D eigenvalue weighted by molar-refractivity contribution is -0.145. The molecule has 15 heavy (non-hydrogen) atoms. The average molecular weight is 234 g/mol. The fraction of sp³-hybridized carbons (Fsp3) is 0.125. The summed E-state index contributed by atoms with van der Waals surface area (Å²) in [5, 5.41) is 8.29. The number of carbonyl (C=O) groups is 2. The molecule has 1 rings (SSSR count). The first-order valence-corrected chi connectivity index (χ1v) is 4.10. The van der Waals surface area contributed by atoms with Crippen LogP contribution in [0.2, 0.25) is 5.02 Å². The summed E-state index contributed by atoms with van der Waals surface area (Å²) >= 11 is 5.40. The molecule has 1 aromatic rings. The Balaban J connectivity index is 2.72. The molecule has 0 saturated heterocycles. The topological polar surface area (TPSA) is 76.5 Å². The van der Waals surface area contributed by atoms with Crippen LogP contribution in [0, 0.1) is 5.82 Å². The lowest BCUT2D eigenvalue weighted by Crippen LogP contribution is -2.14. The molecule has 1 aromatic heterocycles. The molecule has 0 unspecified atom stereocenters. The summed E-state index contributed by atoms with van der Waals surface area (Å²) in [4.78, 5) is 24.3. The molecule has 0 bridgehead atoms. The summed E-state index contributed by atoms with van der Waals surface area (Å²) in [6, 6.07) is 0.901. The smallest absolute Gasteiger partial charge is 0.323 e. The molecule has 0 aliphatic rings. The maximum absolute atomic E-state index is 13.0. The predicted octanol–water partition coefficient (Wildman–Crippen LogP) is 1.25. The van der Waals surface area contributed by atoms with E-state index in [0.717, 1.165) is 12.3 Å². The van der Waals surface area contributed by atoms with E-state index >= 15 is 0 Å². The monoisotopic (exact) mass is 233 g/mol. The third-order valence-corrected chi connectivity index (χ3v) is 1.49. The van der Waals surface area contributed by atoms with Crippen LogP contribution in [0.4, 0.5) is 4.39 Å². The summed E-state index contributed by atoms with van der Waals surface area (Å²) in [6.07, 6.45) is 0.220. The number of hydrogen-bond acceptors (Lipinski definition) is 4. The molecule has 0 aliphatic carbocycles. The second-order valence-corrected chi connectivity index (χ2v) is 2.92. The Bertz CT molecular complexity index is 410. The number of esters is 1. The second-order valence-electron chi connectivity index (χ2n) is 2.49. The highest BCUT2D eigenvalue weighted by Crippen LogP contribution is 2.17. The Morgan fingerprint density at radius 2 is 2.27 bits per heavy atom. The van der Waals surface area contributed by atoms with Gasteiger partial charge in [0.15, 0.2) is 5.82 Å². The number of ether oxygens (including phenoxy) is 1. The molecule has 80 valence electrons. The van der Waals surface area contributed by atoms with Gasteiger partial charge in [0.2, 0.25) is 0 Å². The minimum absolute atomic E-state index is 0.0468. The van der Waals surface area contributed by atoms with Gasteiger partial charge in [-0.3, -0.25) is 9.59 Å². The Morgan fingerprint density at radius 3 is 2.80 bits per heavy atom. The van der Waals surface area contributed by atoms with E-state index in [1.165, 1.54) is 0 Å². The number of aliphatic carboxylic acids is 1. The second kappa shape index (κ2) is 4.70. The molecule has 0 spiro atoms. The summed E-state index contributed by atoms with van der Waals surface area (Å²) in [7, 11) is 0. The van der Waals surface area contributed by atoms with Gasteiger partial charge in [-0.2, -0.15) is 0 Å². The van der Waals surface area contributed by atoms with Crippen molar-refractivity contribution in [2.24, 2.45) is 0 Å². The Morgan fingerprint density at radius 1 is 1.60 bits per heavy atom. The van der Waals surface area contributed by atoms with Crippen LogP contribution in [0.25, 0.3) is 0 Å².